The maximum absolute atomic E-state index is 5.82. The van der Waals surface area contributed by atoms with Crippen molar-refractivity contribution in [3.05, 3.63) is 47.1 Å². The van der Waals surface area contributed by atoms with Crippen LogP contribution in [0.3, 0.4) is 0 Å². The average Bonchev–Trinajstić information content (AvgIpc) is 2.40. The summed E-state index contributed by atoms with van der Waals surface area (Å²) in [5.41, 5.74) is 2.09. The SMILES string of the molecule is Cc1cnc(Cl)nc1N(C)CCc1ccccn1. The highest BCUT2D eigenvalue weighted by atomic mass is 35.5. The monoisotopic (exact) mass is 262 g/mol. The minimum absolute atomic E-state index is 0.278. The van der Waals surface area contributed by atoms with E-state index in [0.29, 0.717) is 0 Å². The zero-order valence-corrected chi connectivity index (χ0v) is 11.2. The first-order chi connectivity index (χ1) is 8.66. The standard InChI is InChI=1S/C13H15ClN4/c1-10-9-16-13(14)17-12(10)18(2)8-6-11-5-3-4-7-15-11/h3-5,7,9H,6,8H2,1-2H3. The molecule has 4 nitrogen and oxygen atoms in total. The number of pyridine rings is 1. The lowest BCUT2D eigenvalue weighted by Gasteiger charge is -2.19. The van der Waals surface area contributed by atoms with Crippen LogP contribution in [-0.4, -0.2) is 28.5 Å². The van der Waals surface area contributed by atoms with E-state index in [4.69, 9.17) is 11.6 Å². The number of anilines is 1. The first kappa shape index (κ1) is 12.8. The van der Waals surface area contributed by atoms with Crippen LogP contribution in [-0.2, 0) is 6.42 Å². The molecular weight excluding hydrogens is 248 g/mol. The molecule has 0 amide bonds. The maximum atomic E-state index is 5.82. The van der Waals surface area contributed by atoms with E-state index in [0.717, 1.165) is 30.0 Å². The third kappa shape index (κ3) is 3.17. The summed E-state index contributed by atoms with van der Waals surface area (Å²) in [6.45, 7) is 2.81. The molecule has 0 saturated heterocycles. The summed E-state index contributed by atoms with van der Waals surface area (Å²) >= 11 is 5.82. The molecule has 0 aliphatic carbocycles. The van der Waals surface area contributed by atoms with E-state index in [1.54, 1.807) is 6.20 Å². The Morgan fingerprint density at radius 1 is 1.28 bits per heavy atom. The molecule has 0 saturated carbocycles. The molecule has 2 aromatic heterocycles. The highest BCUT2D eigenvalue weighted by molar-refractivity contribution is 6.28. The van der Waals surface area contributed by atoms with E-state index in [1.165, 1.54) is 0 Å². The Labute approximate surface area is 112 Å². The van der Waals surface area contributed by atoms with Crippen molar-refractivity contribution in [1.82, 2.24) is 15.0 Å². The van der Waals surface area contributed by atoms with Crippen LogP contribution in [0.4, 0.5) is 5.82 Å². The predicted octanol–water partition coefficient (Wildman–Crippen LogP) is 2.51. The first-order valence-electron chi connectivity index (χ1n) is 5.77. The molecule has 0 unspecified atom stereocenters. The summed E-state index contributed by atoms with van der Waals surface area (Å²) in [5.74, 6) is 0.867. The largest absolute Gasteiger partial charge is 0.359 e. The number of likely N-dealkylation sites (N-methyl/N-ethyl adjacent to an activating group) is 1. The molecule has 2 heterocycles. The second-order valence-electron chi connectivity index (χ2n) is 4.14. The molecule has 0 radical (unpaired) electrons. The van der Waals surface area contributed by atoms with Crippen molar-refractivity contribution in [1.29, 1.82) is 0 Å². The van der Waals surface area contributed by atoms with Gasteiger partial charge in [0.15, 0.2) is 0 Å². The van der Waals surface area contributed by atoms with Crippen LogP contribution in [0.1, 0.15) is 11.3 Å². The normalized spacial score (nSPS) is 10.4. The number of rotatable bonds is 4. The zero-order valence-electron chi connectivity index (χ0n) is 10.5. The van der Waals surface area contributed by atoms with Crippen LogP contribution < -0.4 is 4.90 Å². The van der Waals surface area contributed by atoms with Crippen molar-refractivity contribution < 1.29 is 0 Å². The Hall–Kier alpha value is -1.68. The molecule has 5 heteroatoms. The predicted molar refractivity (Wildman–Crippen MR) is 73.0 cm³/mol. The summed E-state index contributed by atoms with van der Waals surface area (Å²) in [6, 6.07) is 5.93. The third-order valence-electron chi connectivity index (χ3n) is 2.71. The van der Waals surface area contributed by atoms with Gasteiger partial charge in [-0.1, -0.05) is 6.07 Å². The molecule has 0 atom stereocenters. The topological polar surface area (TPSA) is 41.9 Å². The molecule has 18 heavy (non-hydrogen) atoms. The summed E-state index contributed by atoms with van der Waals surface area (Å²) in [6.07, 6.45) is 4.42. The van der Waals surface area contributed by atoms with E-state index < -0.39 is 0 Å². The molecular formula is C13H15ClN4. The molecule has 0 aromatic carbocycles. The van der Waals surface area contributed by atoms with Gasteiger partial charge in [0.2, 0.25) is 5.28 Å². The fraction of sp³-hybridized carbons (Fsp3) is 0.308. The Morgan fingerprint density at radius 3 is 2.83 bits per heavy atom. The molecule has 2 aromatic rings. The van der Waals surface area contributed by atoms with Gasteiger partial charge < -0.3 is 4.90 Å². The Kier molecular flexibility index (Phi) is 4.10. The number of aryl methyl sites for hydroxylation is 1. The summed E-state index contributed by atoms with van der Waals surface area (Å²) in [5, 5.41) is 0.278. The second-order valence-corrected chi connectivity index (χ2v) is 4.48. The Morgan fingerprint density at radius 2 is 2.11 bits per heavy atom. The summed E-state index contributed by atoms with van der Waals surface area (Å²) < 4.78 is 0. The number of hydrogen-bond acceptors (Lipinski definition) is 4. The van der Waals surface area contributed by atoms with Gasteiger partial charge in [-0.25, -0.2) is 9.97 Å². The highest BCUT2D eigenvalue weighted by Gasteiger charge is 2.08. The fourth-order valence-electron chi connectivity index (χ4n) is 1.73. The van der Waals surface area contributed by atoms with Crippen molar-refractivity contribution in [2.45, 2.75) is 13.3 Å². The smallest absolute Gasteiger partial charge is 0.224 e. The molecule has 0 aliphatic heterocycles. The lowest BCUT2D eigenvalue weighted by Crippen LogP contribution is -2.22. The van der Waals surface area contributed by atoms with E-state index in [-0.39, 0.29) is 5.28 Å². The lowest BCUT2D eigenvalue weighted by atomic mass is 10.2. The first-order valence-corrected chi connectivity index (χ1v) is 6.15. The number of aromatic nitrogens is 3. The van der Waals surface area contributed by atoms with Gasteiger partial charge in [-0.15, -0.1) is 0 Å². The van der Waals surface area contributed by atoms with Crippen molar-refractivity contribution in [3.8, 4) is 0 Å². The van der Waals surface area contributed by atoms with Crippen molar-refractivity contribution >= 4 is 17.4 Å². The Balaban J connectivity index is 2.03. The van der Waals surface area contributed by atoms with Crippen molar-refractivity contribution in [3.63, 3.8) is 0 Å². The molecule has 0 fully saturated rings. The minimum atomic E-state index is 0.278. The molecule has 0 N–H and O–H groups in total. The minimum Gasteiger partial charge on any atom is -0.359 e. The summed E-state index contributed by atoms with van der Waals surface area (Å²) in [7, 11) is 1.99. The van der Waals surface area contributed by atoms with E-state index in [9.17, 15) is 0 Å². The maximum Gasteiger partial charge on any atom is 0.224 e. The lowest BCUT2D eigenvalue weighted by molar-refractivity contribution is 0.831. The summed E-state index contributed by atoms with van der Waals surface area (Å²) in [4.78, 5) is 14.6. The average molecular weight is 263 g/mol. The van der Waals surface area contributed by atoms with Crippen LogP contribution in [0.5, 0.6) is 0 Å². The molecule has 0 aliphatic rings. The van der Waals surface area contributed by atoms with Crippen molar-refractivity contribution in [2.24, 2.45) is 0 Å². The van der Waals surface area contributed by atoms with Gasteiger partial charge in [-0.05, 0) is 30.7 Å². The van der Waals surface area contributed by atoms with Gasteiger partial charge in [0, 0.05) is 43.7 Å². The van der Waals surface area contributed by atoms with Gasteiger partial charge in [-0.2, -0.15) is 0 Å². The van der Waals surface area contributed by atoms with Crippen LogP contribution in [0.2, 0.25) is 5.28 Å². The van der Waals surface area contributed by atoms with E-state index in [1.807, 2.05) is 38.4 Å². The number of nitrogens with zero attached hydrogens (tertiary/aromatic N) is 4. The second kappa shape index (κ2) is 5.78. The zero-order chi connectivity index (χ0) is 13.0. The van der Waals surface area contributed by atoms with E-state index >= 15 is 0 Å². The van der Waals surface area contributed by atoms with Gasteiger partial charge in [0.1, 0.15) is 5.82 Å². The third-order valence-corrected chi connectivity index (χ3v) is 2.89. The Bertz CT molecular complexity index is 516. The molecule has 2 rings (SSSR count). The fourth-order valence-corrected chi connectivity index (χ4v) is 1.86. The molecule has 94 valence electrons. The molecule has 0 bridgehead atoms. The van der Waals surface area contributed by atoms with Crippen molar-refractivity contribution in [2.75, 3.05) is 18.5 Å². The van der Waals surface area contributed by atoms with Gasteiger partial charge in [-0.3, -0.25) is 4.98 Å². The van der Waals surface area contributed by atoms with Crippen LogP contribution >= 0.6 is 11.6 Å². The number of halogens is 1. The van der Waals surface area contributed by atoms with Gasteiger partial charge >= 0.3 is 0 Å². The quantitative estimate of drug-likeness (QED) is 0.794. The van der Waals surface area contributed by atoms with E-state index in [2.05, 4.69) is 19.9 Å². The van der Waals surface area contributed by atoms with Crippen LogP contribution in [0.15, 0.2) is 30.6 Å². The van der Waals surface area contributed by atoms with Gasteiger partial charge in [0.05, 0.1) is 0 Å². The van der Waals surface area contributed by atoms with Gasteiger partial charge in [0.25, 0.3) is 0 Å². The molecule has 0 spiro atoms. The van der Waals surface area contributed by atoms with Crippen LogP contribution in [0.25, 0.3) is 0 Å². The highest BCUT2D eigenvalue weighted by Crippen LogP contribution is 2.16. The van der Waals surface area contributed by atoms with Crippen LogP contribution in [0, 0.1) is 6.92 Å². The number of hydrogen-bond donors (Lipinski definition) is 0.